The van der Waals surface area contributed by atoms with Crippen LogP contribution in [0.15, 0.2) is 63.9 Å². The van der Waals surface area contributed by atoms with E-state index in [-0.39, 0.29) is 11.5 Å². The highest BCUT2D eigenvalue weighted by Crippen LogP contribution is 2.28. The molecule has 31 heavy (non-hydrogen) atoms. The van der Waals surface area contributed by atoms with Crippen molar-refractivity contribution in [1.82, 2.24) is 14.5 Å². The third-order valence-electron chi connectivity index (χ3n) is 4.73. The highest BCUT2D eigenvalue weighted by molar-refractivity contribution is 7.98. The van der Waals surface area contributed by atoms with Crippen LogP contribution in [0.25, 0.3) is 21.5 Å². The number of aromatic nitrogens is 3. The van der Waals surface area contributed by atoms with Crippen LogP contribution in [-0.2, 0) is 17.0 Å². The molecule has 0 atom stereocenters. The molecule has 2 aromatic carbocycles. The lowest BCUT2D eigenvalue weighted by atomic mass is 10.1. The molecule has 8 heteroatoms. The Kier molecular flexibility index (Phi) is 6.48. The topological polar surface area (TPSA) is 74.1 Å². The van der Waals surface area contributed by atoms with Gasteiger partial charge in [-0.1, -0.05) is 43.0 Å². The van der Waals surface area contributed by atoms with Crippen molar-refractivity contribution in [3.8, 4) is 10.6 Å². The van der Waals surface area contributed by atoms with Crippen molar-refractivity contribution in [2.75, 3.05) is 7.11 Å². The van der Waals surface area contributed by atoms with Gasteiger partial charge < -0.3 is 4.74 Å². The van der Waals surface area contributed by atoms with Crippen LogP contribution < -0.4 is 5.56 Å². The number of carbonyl (C=O) groups is 1. The van der Waals surface area contributed by atoms with Crippen molar-refractivity contribution in [3.63, 3.8) is 0 Å². The molecule has 0 aliphatic heterocycles. The van der Waals surface area contributed by atoms with Gasteiger partial charge in [0.1, 0.15) is 5.01 Å². The maximum absolute atomic E-state index is 12.9. The van der Waals surface area contributed by atoms with Gasteiger partial charge in [-0.25, -0.2) is 14.8 Å². The zero-order chi connectivity index (χ0) is 21.8. The minimum Gasteiger partial charge on any atom is -0.465 e. The molecular weight excluding hydrogens is 430 g/mol. The van der Waals surface area contributed by atoms with Crippen LogP contribution in [0.4, 0.5) is 0 Å². The number of ether oxygens (including phenoxy) is 1. The van der Waals surface area contributed by atoms with Crippen LogP contribution >= 0.6 is 23.1 Å². The van der Waals surface area contributed by atoms with Gasteiger partial charge in [-0.05, 0) is 30.7 Å². The van der Waals surface area contributed by atoms with Gasteiger partial charge >= 0.3 is 5.97 Å². The summed E-state index contributed by atoms with van der Waals surface area (Å²) >= 11 is 3.07. The Morgan fingerprint density at radius 3 is 2.65 bits per heavy atom. The number of nitrogens with zero attached hydrogens (tertiary/aromatic N) is 3. The average molecular weight is 452 g/mol. The molecule has 4 rings (SSSR count). The van der Waals surface area contributed by atoms with Crippen molar-refractivity contribution < 1.29 is 9.53 Å². The largest absolute Gasteiger partial charge is 0.465 e. The Hall–Kier alpha value is -2.97. The predicted molar refractivity (Wildman–Crippen MR) is 125 cm³/mol. The number of thioether (sulfide) groups is 1. The van der Waals surface area contributed by atoms with Gasteiger partial charge in [0, 0.05) is 23.2 Å². The fourth-order valence-electron chi connectivity index (χ4n) is 3.19. The summed E-state index contributed by atoms with van der Waals surface area (Å²) in [6.45, 7) is 2.68. The number of benzene rings is 2. The maximum atomic E-state index is 12.9. The van der Waals surface area contributed by atoms with Crippen LogP contribution in [-0.4, -0.2) is 27.6 Å². The smallest absolute Gasteiger partial charge is 0.337 e. The van der Waals surface area contributed by atoms with Gasteiger partial charge in [0.05, 0.1) is 29.3 Å². The molecule has 2 heterocycles. The van der Waals surface area contributed by atoms with E-state index in [1.165, 1.54) is 18.9 Å². The van der Waals surface area contributed by atoms with Gasteiger partial charge in [-0.2, -0.15) is 0 Å². The van der Waals surface area contributed by atoms with Gasteiger partial charge in [-0.3, -0.25) is 9.36 Å². The number of carbonyl (C=O) groups excluding carboxylic acids is 1. The first-order chi connectivity index (χ1) is 15.1. The second kappa shape index (κ2) is 9.45. The standard InChI is InChI=1S/C23H21N3O3S2/c1-3-12-26-21(27)18-6-4-5-7-19(18)25-23(26)31-14-17-13-30-20(24-17)15-8-10-16(11-9-15)22(28)29-2/h4-11,13H,3,12,14H2,1-2H3. The SMILES string of the molecule is CCCn1c(SCc2csc(-c3ccc(C(=O)OC)cc3)n2)nc2ccccc2c1=O. The molecule has 0 N–H and O–H groups in total. The van der Waals surface area contributed by atoms with Crippen molar-refractivity contribution in [3.05, 3.63) is 75.5 Å². The van der Waals surface area contributed by atoms with Crippen molar-refractivity contribution >= 4 is 40.0 Å². The number of methoxy groups -OCH3 is 1. The number of hydrogen-bond acceptors (Lipinski definition) is 7. The van der Waals surface area contributed by atoms with Crippen LogP contribution in [0.1, 0.15) is 29.4 Å². The minimum absolute atomic E-state index is 0.000359. The molecule has 158 valence electrons. The quantitative estimate of drug-likeness (QED) is 0.223. The fourth-order valence-corrected chi connectivity index (χ4v) is 5.04. The van der Waals surface area contributed by atoms with Crippen molar-refractivity contribution in [1.29, 1.82) is 0 Å². The van der Waals surface area contributed by atoms with E-state index in [9.17, 15) is 9.59 Å². The lowest BCUT2D eigenvalue weighted by molar-refractivity contribution is 0.0601. The van der Waals surface area contributed by atoms with E-state index in [2.05, 4.69) is 0 Å². The normalized spacial score (nSPS) is 11.0. The summed E-state index contributed by atoms with van der Waals surface area (Å²) in [5.74, 6) is 0.259. The van der Waals surface area contributed by atoms with E-state index in [4.69, 9.17) is 14.7 Å². The van der Waals surface area contributed by atoms with E-state index in [1.807, 2.05) is 48.7 Å². The summed E-state index contributed by atoms with van der Waals surface area (Å²) in [5, 5.41) is 4.25. The minimum atomic E-state index is -0.358. The molecule has 6 nitrogen and oxygen atoms in total. The molecular formula is C23H21N3O3S2. The van der Waals surface area contributed by atoms with E-state index in [0.717, 1.165) is 22.7 Å². The van der Waals surface area contributed by atoms with Crippen LogP contribution in [0.2, 0.25) is 0 Å². The summed E-state index contributed by atoms with van der Waals surface area (Å²) in [6.07, 6.45) is 0.857. The molecule has 0 radical (unpaired) electrons. The lowest BCUT2D eigenvalue weighted by Crippen LogP contribution is -2.23. The van der Waals surface area contributed by atoms with E-state index >= 15 is 0 Å². The third-order valence-corrected chi connectivity index (χ3v) is 6.68. The van der Waals surface area contributed by atoms with Gasteiger partial charge in [0.15, 0.2) is 5.16 Å². The van der Waals surface area contributed by atoms with Crippen LogP contribution in [0, 0.1) is 0 Å². The highest BCUT2D eigenvalue weighted by atomic mass is 32.2. The Morgan fingerprint density at radius 1 is 1.13 bits per heavy atom. The molecule has 2 aromatic heterocycles. The summed E-state index contributed by atoms with van der Waals surface area (Å²) in [6, 6.07) is 14.7. The van der Waals surface area contributed by atoms with Crippen LogP contribution in [0.5, 0.6) is 0 Å². The second-order valence-corrected chi connectivity index (χ2v) is 8.67. The molecule has 0 saturated heterocycles. The van der Waals surface area contributed by atoms with Crippen LogP contribution in [0.3, 0.4) is 0 Å². The second-order valence-electron chi connectivity index (χ2n) is 6.87. The predicted octanol–water partition coefficient (Wildman–Crippen LogP) is 5.01. The number of thiazole rings is 1. The molecule has 0 aliphatic rings. The first-order valence-corrected chi connectivity index (χ1v) is 11.7. The molecule has 0 unspecified atom stereocenters. The zero-order valence-corrected chi connectivity index (χ0v) is 18.8. The number of esters is 1. The number of para-hydroxylation sites is 1. The van der Waals surface area contributed by atoms with Gasteiger partial charge in [0.25, 0.3) is 5.56 Å². The summed E-state index contributed by atoms with van der Waals surface area (Å²) in [5.41, 5.74) is 3.09. The Labute approximate surface area is 187 Å². The van der Waals surface area contributed by atoms with Crippen molar-refractivity contribution in [2.45, 2.75) is 30.8 Å². The Morgan fingerprint density at radius 2 is 1.90 bits per heavy atom. The molecule has 0 fully saturated rings. The Bertz CT molecular complexity index is 1280. The summed E-state index contributed by atoms with van der Waals surface area (Å²) in [7, 11) is 1.37. The summed E-state index contributed by atoms with van der Waals surface area (Å²) in [4.78, 5) is 33.9. The molecule has 0 saturated carbocycles. The lowest BCUT2D eigenvalue weighted by Gasteiger charge is -2.11. The third kappa shape index (κ3) is 4.55. The van der Waals surface area contributed by atoms with Gasteiger partial charge in [0.2, 0.25) is 0 Å². The molecule has 4 aromatic rings. The van der Waals surface area contributed by atoms with E-state index < -0.39 is 0 Å². The first kappa shape index (κ1) is 21.3. The molecule has 0 aliphatic carbocycles. The highest BCUT2D eigenvalue weighted by Gasteiger charge is 2.13. The Balaban J connectivity index is 1.55. The fraction of sp³-hybridized carbons (Fsp3) is 0.217. The molecule has 0 bridgehead atoms. The average Bonchev–Trinajstić information content (AvgIpc) is 3.28. The summed E-state index contributed by atoms with van der Waals surface area (Å²) < 4.78 is 6.49. The van der Waals surface area contributed by atoms with Gasteiger partial charge in [-0.15, -0.1) is 11.3 Å². The van der Waals surface area contributed by atoms with Crippen molar-refractivity contribution in [2.24, 2.45) is 0 Å². The molecule has 0 spiro atoms. The van der Waals surface area contributed by atoms with E-state index in [1.54, 1.807) is 28.0 Å². The monoisotopic (exact) mass is 451 g/mol. The number of rotatable bonds is 7. The first-order valence-electron chi connectivity index (χ1n) is 9.86. The number of hydrogen-bond donors (Lipinski definition) is 0. The zero-order valence-electron chi connectivity index (χ0n) is 17.2. The maximum Gasteiger partial charge on any atom is 0.337 e. The number of fused-ring (bicyclic) bond motifs is 1. The van der Waals surface area contributed by atoms with E-state index in [0.29, 0.717) is 33.9 Å². The molecule has 0 amide bonds.